The van der Waals surface area contributed by atoms with Crippen LogP contribution in [0.5, 0.6) is 0 Å². The fraction of sp³-hybridized carbons (Fsp3) is 0. The summed E-state index contributed by atoms with van der Waals surface area (Å²) < 4.78 is 63.3. The minimum absolute atomic E-state index is 0.129. The van der Waals surface area contributed by atoms with Gasteiger partial charge >= 0.3 is 0 Å². The third kappa shape index (κ3) is 5.35. The van der Waals surface area contributed by atoms with Crippen molar-refractivity contribution in [3.63, 3.8) is 0 Å². The van der Waals surface area contributed by atoms with Crippen LogP contribution in [0.1, 0.15) is 0 Å². The summed E-state index contributed by atoms with van der Waals surface area (Å²) in [5, 5.41) is 3.50. The van der Waals surface area contributed by atoms with E-state index in [0.717, 1.165) is 96.1 Å². The molecule has 2 aromatic heterocycles. The fourth-order valence-electron chi connectivity index (χ4n) is 7.91. The highest BCUT2D eigenvalue weighted by Crippen LogP contribution is 2.43. The molecule has 0 saturated carbocycles. The zero-order valence-electron chi connectivity index (χ0n) is 29.1. The van der Waals surface area contributed by atoms with E-state index in [1.807, 2.05) is 91.0 Å². The molecule has 2 heterocycles. The lowest BCUT2D eigenvalue weighted by atomic mass is 10.0. The maximum atomic E-state index is 15.3. The molecule has 0 fully saturated rings. The first kappa shape index (κ1) is 32.5. The lowest BCUT2D eigenvalue weighted by molar-refractivity contribution is 0.595. The van der Waals surface area contributed by atoms with Crippen LogP contribution in [-0.2, 0) is 0 Å². The molecule has 10 rings (SSSR count). The number of rotatable bonds is 6. The maximum absolute atomic E-state index is 15.3. The molecule has 0 N–H and O–H groups in total. The zero-order valence-corrected chi connectivity index (χ0v) is 29.1. The number of nitrogens with zero attached hydrogens (tertiary/aromatic N) is 3. The molecule has 0 aliphatic heterocycles. The van der Waals surface area contributed by atoms with Gasteiger partial charge < -0.3 is 14.0 Å². The van der Waals surface area contributed by atoms with Gasteiger partial charge in [0.05, 0.1) is 33.4 Å². The second kappa shape index (κ2) is 12.8. The zero-order chi connectivity index (χ0) is 37.2. The average molecular weight is 724 g/mol. The van der Waals surface area contributed by atoms with Crippen LogP contribution in [0.15, 0.2) is 176 Å². The van der Waals surface area contributed by atoms with Gasteiger partial charge in [-0.3, -0.25) is 0 Å². The quantitative estimate of drug-likeness (QED) is 0.156. The summed E-state index contributed by atoms with van der Waals surface area (Å²) in [5.74, 6) is -2.11. The third-order valence-electron chi connectivity index (χ3n) is 10.4. The number of hydrogen-bond acceptors (Lipinski definition) is 1. The van der Waals surface area contributed by atoms with Gasteiger partial charge in [0.1, 0.15) is 23.3 Å². The average Bonchev–Trinajstić information content (AvgIpc) is 3.73. The Morgan fingerprint density at radius 3 is 1.25 bits per heavy atom. The van der Waals surface area contributed by atoms with E-state index in [4.69, 9.17) is 0 Å². The van der Waals surface area contributed by atoms with Crippen molar-refractivity contribution in [3.05, 3.63) is 199 Å². The van der Waals surface area contributed by atoms with Crippen molar-refractivity contribution in [2.75, 3.05) is 4.90 Å². The number of aromatic nitrogens is 2. The molecule has 0 atom stereocenters. The van der Waals surface area contributed by atoms with Crippen LogP contribution in [0, 0.1) is 23.3 Å². The van der Waals surface area contributed by atoms with Gasteiger partial charge in [0.15, 0.2) is 0 Å². The first-order valence-corrected chi connectivity index (χ1v) is 17.9. The third-order valence-corrected chi connectivity index (χ3v) is 10.4. The van der Waals surface area contributed by atoms with Crippen LogP contribution in [0.2, 0.25) is 0 Å². The standard InChI is InChI=1S/C48H29F4N3/c49-32-16-22-41(51)47(26-32)54-43-12-6-4-10-37(43)39-28-35(20-24-45(39)54)53(34-18-14-31(15-19-34)30-8-2-1-3-9-30)36-21-25-46-40(29-36)38-11-5-7-13-44(38)55(46)48-27-33(50)17-23-42(48)52/h1-29H. The largest absolute Gasteiger partial charge is 0.310 e. The van der Waals surface area contributed by atoms with E-state index in [1.54, 1.807) is 9.13 Å². The van der Waals surface area contributed by atoms with Crippen LogP contribution >= 0.6 is 0 Å². The van der Waals surface area contributed by atoms with E-state index in [0.29, 0.717) is 0 Å². The predicted molar refractivity (Wildman–Crippen MR) is 215 cm³/mol. The van der Waals surface area contributed by atoms with E-state index in [1.165, 1.54) is 12.1 Å². The van der Waals surface area contributed by atoms with Crippen molar-refractivity contribution in [2.24, 2.45) is 0 Å². The lowest BCUT2D eigenvalue weighted by Gasteiger charge is -2.26. The number of fused-ring (bicyclic) bond motifs is 6. The number of hydrogen-bond donors (Lipinski definition) is 0. The summed E-state index contributed by atoms with van der Waals surface area (Å²) in [6.45, 7) is 0. The van der Waals surface area contributed by atoms with E-state index in [9.17, 15) is 8.78 Å². The minimum Gasteiger partial charge on any atom is -0.310 e. The van der Waals surface area contributed by atoms with E-state index in [2.05, 4.69) is 53.4 Å². The molecule has 55 heavy (non-hydrogen) atoms. The Bertz CT molecular complexity index is 2920. The molecule has 7 heteroatoms. The van der Waals surface area contributed by atoms with E-state index >= 15 is 8.78 Å². The summed E-state index contributed by atoms with van der Waals surface area (Å²) in [6, 6.07) is 52.9. The number of anilines is 3. The van der Waals surface area contributed by atoms with Crippen molar-refractivity contribution >= 4 is 60.7 Å². The van der Waals surface area contributed by atoms with E-state index in [-0.39, 0.29) is 11.4 Å². The molecule has 3 nitrogen and oxygen atoms in total. The Hall–Kier alpha value is -7.12. The monoisotopic (exact) mass is 723 g/mol. The Labute approximate surface area is 313 Å². The molecule has 0 unspecified atom stereocenters. The summed E-state index contributed by atoms with van der Waals surface area (Å²) in [5.41, 5.74) is 7.92. The van der Waals surface area contributed by atoms with Crippen molar-refractivity contribution in [1.82, 2.24) is 9.13 Å². The molecule has 8 aromatic carbocycles. The summed E-state index contributed by atoms with van der Waals surface area (Å²) in [4.78, 5) is 2.15. The number of benzene rings is 8. The minimum atomic E-state index is -0.529. The summed E-state index contributed by atoms with van der Waals surface area (Å²) in [7, 11) is 0. The second-order valence-electron chi connectivity index (χ2n) is 13.5. The molecule has 0 bridgehead atoms. The Balaban J connectivity index is 1.21. The highest BCUT2D eigenvalue weighted by atomic mass is 19.1. The normalized spacial score (nSPS) is 11.6. The molecule has 10 aromatic rings. The Morgan fingerprint density at radius 2 is 0.745 bits per heavy atom. The van der Waals surface area contributed by atoms with Crippen LogP contribution < -0.4 is 4.90 Å². The molecule has 0 aliphatic carbocycles. The van der Waals surface area contributed by atoms with Gasteiger partial charge in [-0.2, -0.15) is 0 Å². The molecule has 0 spiro atoms. The van der Waals surface area contributed by atoms with Crippen molar-refractivity contribution in [3.8, 4) is 22.5 Å². The molecule has 0 amide bonds. The molecule has 0 aliphatic rings. The van der Waals surface area contributed by atoms with Gasteiger partial charge in [-0.1, -0.05) is 78.9 Å². The lowest BCUT2D eigenvalue weighted by Crippen LogP contribution is -2.10. The van der Waals surface area contributed by atoms with Crippen LogP contribution in [0.4, 0.5) is 34.6 Å². The molecular weight excluding hydrogens is 695 g/mol. The molecule has 0 saturated heterocycles. The Morgan fingerprint density at radius 1 is 0.327 bits per heavy atom. The van der Waals surface area contributed by atoms with Crippen LogP contribution in [-0.4, -0.2) is 9.13 Å². The SMILES string of the molecule is Fc1ccc(F)c(-n2c3ccccc3c3cc(N(c4ccc(-c5ccccc5)cc4)c4ccc5c(c4)c4ccccc4n5-c4cc(F)ccc4F)ccc32)c1. The predicted octanol–water partition coefficient (Wildman–Crippen LogP) is 13.6. The van der Waals surface area contributed by atoms with Crippen molar-refractivity contribution in [1.29, 1.82) is 0 Å². The highest BCUT2D eigenvalue weighted by molar-refractivity contribution is 6.12. The number of halogens is 4. The summed E-state index contributed by atoms with van der Waals surface area (Å²) in [6.07, 6.45) is 0. The first-order chi connectivity index (χ1) is 26.9. The number of para-hydroxylation sites is 2. The van der Waals surface area contributed by atoms with Crippen molar-refractivity contribution in [2.45, 2.75) is 0 Å². The van der Waals surface area contributed by atoms with Gasteiger partial charge in [0, 0.05) is 50.7 Å². The van der Waals surface area contributed by atoms with Gasteiger partial charge in [0.25, 0.3) is 0 Å². The van der Waals surface area contributed by atoms with Crippen LogP contribution in [0.3, 0.4) is 0 Å². The highest BCUT2D eigenvalue weighted by Gasteiger charge is 2.21. The van der Waals surface area contributed by atoms with Gasteiger partial charge in [-0.25, -0.2) is 17.6 Å². The Kier molecular flexibility index (Phi) is 7.56. The molecular formula is C48H29F4N3. The first-order valence-electron chi connectivity index (χ1n) is 17.9. The van der Waals surface area contributed by atoms with Crippen LogP contribution in [0.25, 0.3) is 66.1 Å². The van der Waals surface area contributed by atoms with E-state index < -0.39 is 23.3 Å². The maximum Gasteiger partial charge on any atom is 0.147 e. The second-order valence-corrected chi connectivity index (χ2v) is 13.5. The smallest absolute Gasteiger partial charge is 0.147 e. The van der Waals surface area contributed by atoms with Gasteiger partial charge in [-0.05, 0) is 96.1 Å². The summed E-state index contributed by atoms with van der Waals surface area (Å²) >= 11 is 0. The molecule has 264 valence electrons. The fourth-order valence-corrected chi connectivity index (χ4v) is 7.91. The van der Waals surface area contributed by atoms with Gasteiger partial charge in [-0.15, -0.1) is 0 Å². The van der Waals surface area contributed by atoms with Crippen molar-refractivity contribution < 1.29 is 17.6 Å². The molecule has 0 radical (unpaired) electrons. The topological polar surface area (TPSA) is 13.1 Å². The van der Waals surface area contributed by atoms with Gasteiger partial charge in [0.2, 0.25) is 0 Å².